The van der Waals surface area contributed by atoms with Gasteiger partial charge in [0, 0.05) is 5.92 Å². The molecule has 0 saturated heterocycles. The largest absolute Gasteiger partial charge is 0.487 e. The van der Waals surface area contributed by atoms with Crippen LogP contribution in [0.3, 0.4) is 0 Å². The summed E-state index contributed by atoms with van der Waals surface area (Å²) >= 11 is 0. The van der Waals surface area contributed by atoms with Crippen LogP contribution in [0.4, 0.5) is 22.0 Å². The Labute approximate surface area is 210 Å². The normalized spacial score (nSPS) is 18.3. The van der Waals surface area contributed by atoms with E-state index in [0.29, 0.717) is 0 Å². The van der Waals surface area contributed by atoms with Crippen molar-refractivity contribution in [3.8, 4) is 16.9 Å². The fraction of sp³-hybridized carbons (Fsp3) is 0.321. The second-order valence-electron chi connectivity index (χ2n) is 9.97. The summed E-state index contributed by atoms with van der Waals surface area (Å²) in [5, 5.41) is 10.6. The zero-order chi connectivity index (χ0) is 26.6. The van der Waals surface area contributed by atoms with E-state index in [1.807, 2.05) is 42.5 Å². The molecule has 2 N–H and O–H groups in total. The fourth-order valence-corrected chi connectivity index (χ4v) is 4.57. The van der Waals surface area contributed by atoms with Gasteiger partial charge in [-0.3, -0.25) is 0 Å². The van der Waals surface area contributed by atoms with Crippen LogP contribution in [0.25, 0.3) is 22.2 Å². The lowest BCUT2D eigenvalue weighted by molar-refractivity contribution is -0.290. The molecule has 1 heterocycles. The number of ether oxygens (including phenoxy) is 1. The van der Waals surface area contributed by atoms with E-state index in [-0.39, 0.29) is 17.6 Å². The van der Waals surface area contributed by atoms with Crippen molar-refractivity contribution < 1.29 is 31.8 Å². The number of halogens is 5. The molecule has 4 nitrogen and oxygen atoms in total. The van der Waals surface area contributed by atoms with Gasteiger partial charge in [0.2, 0.25) is 0 Å². The number of fused-ring (bicyclic) bond motifs is 1. The average molecular weight is 517 g/mol. The molecule has 2 unspecified atom stereocenters. The lowest BCUT2D eigenvalue weighted by atomic mass is 9.89. The van der Waals surface area contributed by atoms with Crippen molar-refractivity contribution in [2.45, 2.75) is 49.8 Å². The smallest absolute Gasteiger partial charge is 0.456 e. The molecule has 0 amide bonds. The number of alkyl halides is 5. The first-order valence-corrected chi connectivity index (χ1v) is 11.8. The molecule has 5 rings (SSSR count). The monoisotopic (exact) mass is 516 g/mol. The Morgan fingerprint density at radius 1 is 0.946 bits per heavy atom. The van der Waals surface area contributed by atoms with Crippen molar-refractivity contribution in [1.29, 1.82) is 0 Å². The molecular formula is C28H25F5N2O2. The Balaban J connectivity index is 1.30. The van der Waals surface area contributed by atoms with Gasteiger partial charge in [-0.25, -0.2) is 4.98 Å². The van der Waals surface area contributed by atoms with E-state index >= 15 is 0 Å². The van der Waals surface area contributed by atoms with Gasteiger partial charge >= 0.3 is 12.1 Å². The standard InChI is InChI=1S/C28H25F5N2O2/c1-26(2,36)22-6-4-3-5-19(22)17-9-12-23-24(13-17)35-25(34-23)21-14-20(21)16-7-10-18(11-8-16)37-15-27(29,30)28(31,32)33/h3-13,20-21,36H,14-15H2,1-2H3,(H,34,35). The predicted octanol–water partition coefficient (Wildman–Crippen LogP) is 7.30. The molecule has 1 fully saturated rings. The molecule has 4 aromatic rings. The maximum Gasteiger partial charge on any atom is 0.456 e. The summed E-state index contributed by atoms with van der Waals surface area (Å²) < 4.78 is 67.8. The highest BCUT2D eigenvalue weighted by Gasteiger charge is 2.58. The van der Waals surface area contributed by atoms with Crippen molar-refractivity contribution in [2.24, 2.45) is 0 Å². The number of imidazole rings is 1. The van der Waals surface area contributed by atoms with Gasteiger partial charge in [-0.05, 0) is 72.7 Å². The minimum atomic E-state index is -5.65. The maximum atomic E-state index is 13.1. The fourth-order valence-electron chi connectivity index (χ4n) is 4.57. The van der Waals surface area contributed by atoms with Gasteiger partial charge < -0.3 is 14.8 Å². The molecule has 1 aliphatic carbocycles. The first kappa shape index (κ1) is 25.2. The zero-order valence-electron chi connectivity index (χ0n) is 20.1. The summed E-state index contributed by atoms with van der Waals surface area (Å²) in [6.07, 6.45) is -4.82. The molecule has 0 radical (unpaired) electrons. The Morgan fingerprint density at radius 3 is 2.32 bits per heavy atom. The first-order chi connectivity index (χ1) is 17.3. The van der Waals surface area contributed by atoms with Gasteiger partial charge in [-0.2, -0.15) is 22.0 Å². The van der Waals surface area contributed by atoms with E-state index in [1.54, 1.807) is 26.0 Å². The van der Waals surface area contributed by atoms with Crippen LogP contribution in [-0.2, 0) is 5.60 Å². The Bertz CT molecular complexity index is 1420. The number of aliphatic hydroxyl groups is 1. The summed E-state index contributed by atoms with van der Waals surface area (Å²) in [5.74, 6) is -3.84. The molecule has 3 aromatic carbocycles. The lowest BCUT2D eigenvalue weighted by Crippen LogP contribution is -2.41. The van der Waals surface area contributed by atoms with Crippen LogP contribution in [0, 0.1) is 0 Å². The van der Waals surface area contributed by atoms with Crippen LogP contribution in [0.1, 0.15) is 49.1 Å². The number of aromatic amines is 1. The molecule has 37 heavy (non-hydrogen) atoms. The quantitative estimate of drug-likeness (QED) is 0.253. The van der Waals surface area contributed by atoms with Gasteiger partial charge in [-0.15, -0.1) is 0 Å². The number of aromatic nitrogens is 2. The van der Waals surface area contributed by atoms with Crippen LogP contribution < -0.4 is 4.74 Å². The zero-order valence-corrected chi connectivity index (χ0v) is 20.1. The number of rotatable bonds is 7. The molecular weight excluding hydrogens is 491 g/mol. The summed E-state index contributed by atoms with van der Waals surface area (Å²) in [4.78, 5) is 8.13. The van der Waals surface area contributed by atoms with E-state index in [4.69, 9.17) is 4.98 Å². The molecule has 2 atom stereocenters. The molecule has 0 spiro atoms. The number of H-pyrrole nitrogens is 1. The summed E-state index contributed by atoms with van der Waals surface area (Å²) in [6.45, 7) is 1.74. The SMILES string of the molecule is CC(C)(O)c1ccccc1-c1ccc2nc(C3CC3c3ccc(OCC(F)(F)C(F)(F)F)cc3)[nH]c2c1. The molecule has 9 heteroatoms. The van der Waals surface area contributed by atoms with E-state index in [1.165, 1.54) is 12.1 Å². The molecule has 1 aromatic heterocycles. The van der Waals surface area contributed by atoms with E-state index in [9.17, 15) is 27.1 Å². The number of benzene rings is 3. The van der Waals surface area contributed by atoms with Crippen molar-refractivity contribution in [3.63, 3.8) is 0 Å². The molecule has 0 aliphatic heterocycles. The van der Waals surface area contributed by atoms with Gasteiger partial charge in [0.1, 0.15) is 11.6 Å². The number of nitrogens with one attached hydrogen (secondary N) is 1. The minimum absolute atomic E-state index is 0.0486. The van der Waals surface area contributed by atoms with Crippen LogP contribution in [0.15, 0.2) is 66.7 Å². The molecule has 194 valence electrons. The van der Waals surface area contributed by atoms with Crippen molar-refractivity contribution in [3.05, 3.63) is 83.7 Å². The second kappa shape index (κ2) is 8.83. The maximum absolute atomic E-state index is 13.1. The third kappa shape index (κ3) is 5.05. The molecule has 1 saturated carbocycles. The summed E-state index contributed by atoms with van der Waals surface area (Å²) in [5.41, 5.74) is 4.35. The van der Waals surface area contributed by atoms with Crippen LogP contribution in [0.2, 0.25) is 0 Å². The van der Waals surface area contributed by atoms with Crippen molar-refractivity contribution in [2.75, 3.05) is 6.61 Å². The Morgan fingerprint density at radius 2 is 1.65 bits per heavy atom. The molecule has 0 bridgehead atoms. The number of hydrogen-bond acceptors (Lipinski definition) is 3. The Kier molecular flexibility index (Phi) is 6.02. The third-order valence-corrected chi connectivity index (χ3v) is 6.68. The van der Waals surface area contributed by atoms with E-state index in [2.05, 4.69) is 9.72 Å². The molecule has 1 aliphatic rings. The van der Waals surface area contributed by atoms with Crippen LogP contribution in [-0.4, -0.2) is 33.8 Å². The summed E-state index contributed by atoms with van der Waals surface area (Å²) in [7, 11) is 0. The first-order valence-electron chi connectivity index (χ1n) is 11.8. The topological polar surface area (TPSA) is 58.1 Å². The Hall–Kier alpha value is -3.46. The third-order valence-electron chi connectivity index (χ3n) is 6.68. The highest BCUT2D eigenvalue weighted by Crippen LogP contribution is 2.54. The van der Waals surface area contributed by atoms with E-state index < -0.39 is 24.3 Å². The second-order valence-corrected chi connectivity index (χ2v) is 9.97. The number of hydrogen-bond donors (Lipinski definition) is 2. The highest BCUT2D eigenvalue weighted by molar-refractivity contribution is 5.83. The van der Waals surface area contributed by atoms with Gasteiger partial charge in [0.15, 0.2) is 6.61 Å². The lowest BCUT2D eigenvalue weighted by Gasteiger charge is -2.21. The van der Waals surface area contributed by atoms with Crippen molar-refractivity contribution in [1.82, 2.24) is 9.97 Å². The van der Waals surface area contributed by atoms with Gasteiger partial charge in [0.25, 0.3) is 0 Å². The highest BCUT2D eigenvalue weighted by atomic mass is 19.4. The predicted molar refractivity (Wildman–Crippen MR) is 130 cm³/mol. The van der Waals surface area contributed by atoms with Gasteiger partial charge in [0.05, 0.1) is 16.6 Å². The van der Waals surface area contributed by atoms with Gasteiger partial charge in [-0.1, -0.05) is 42.5 Å². The van der Waals surface area contributed by atoms with Crippen LogP contribution in [0.5, 0.6) is 5.75 Å². The van der Waals surface area contributed by atoms with Crippen LogP contribution >= 0.6 is 0 Å². The summed E-state index contributed by atoms with van der Waals surface area (Å²) in [6, 6.07) is 19.8. The number of nitrogens with zero attached hydrogens (tertiary/aromatic N) is 1. The minimum Gasteiger partial charge on any atom is -0.487 e. The average Bonchev–Trinajstić information content (AvgIpc) is 3.53. The van der Waals surface area contributed by atoms with Crippen molar-refractivity contribution >= 4 is 11.0 Å². The van der Waals surface area contributed by atoms with E-state index in [0.717, 1.165) is 45.5 Å².